The molecule has 0 aliphatic heterocycles. The Hall–Kier alpha value is -0.910. The van der Waals surface area contributed by atoms with Crippen molar-refractivity contribution >= 4 is 11.6 Å². The maximum Gasteiger partial charge on any atom is 0.477 e. The molecule has 0 aromatic rings. The first-order valence-corrected chi connectivity index (χ1v) is 4.88. The van der Waals surface area contributed by atoms with Crippen molar-refractivity contribution in [2.24, 2.45) is 11.8 Å². The summed E-state index contributed by atoms with van der Waals surface area (Å²) in [5.41, 5.74) is -2.12. The molecular weight excluding hydrogens is 212 g/mol. The van der Waals surface area contributed by atoms with Crippen molar-refractivity contribution in [3.05, 3.63) is 20.2 Å². The second kappa shape index (κ2) is 2.79. The molecule has 78 valence electrons. The second-order valence-corrected chi connectivity index (χ2v) is 4.44. The predicted octanol–water partition coefficient (Wildman–Crippen LogP) is 1.27. The normalized spacial score (nSPS) is 38.5. The number of halogens is 1. The van der Waals surface area contributed by atoms with Gasteiger partial charge >= 0.3 is 5.66 Å². The summed E-state index contributed by atoms with van der Waals surface area (Å²) in [5, 5.41) is 20.7. The van der Waals surface area contributed by atoms with E-state index in [2.05, 4.69) is 0 Å². The van der Waals surface area contributed by atoms with Crippen LogP contribution in [0.5, 0.6) is 0 Å². The summed E-state index contributed by atoms with van der Waals surface area (Å²) >= 11 is 5.84. The van der Waals surface area contributed by atoms with Crippen LogP contribution >= 0.6 is 11.6 Å². The Labute approximate surface area is 84.5 Å². The number of fused-ring (bicyclic) bond motifs is 2. The van der Waals surface area contributed by atoms with Crippen LogP contribution in [0.3, 0.4) is 0 Å². The molecule has 0 aromatic heterocycles. The zero-order valence-electron chi connectivity index (χ0n) is 7.26. The third-order valence-electron chi connectivity index (χ3n) is 3.48. The smallest absolute Gasteiger partial charge is 0.258 e. The Balaban J connectivity index is 2.45. The average molecular weight is 221 g/mol. The van der Waals surface area contributed by atoms with Gasteiger partial charge in [-0.2, -0.15) is 0 Å². The third-order valence-corrected chi connectivity index (χ3v) is 4.16. The first-order valence-electron chi connectivity index (χ1n) is 4.44. The molecule has 0 amide bonds. The van der Waals surface area contributed by atoms with Crippen LogP contribution in [-0.4, -0.2) is 20.9 Å². The molecule has 2 aliphatic carbocycles. The van der Waals surface area contributed by atoms with Gasteiger partial charge in [-0.3, -0.25) is 20.2 Å². The zero-order chi connectivity index (χ0) is 10.5. The lowest BCUT2D eigenvalue weighted by Crippen LogP contribution is -2.57. The van der Waals surface area contributed by atoms with Crippen molar-refractivity contribution in [1.29, 1.82) is 0 Å². The lowest BCUT2D eigenvalue weighted by molar-refractivity contribution is -0.803. The maximum atomic E-state index is 10.8. The van der Waals surface area contributed by atoms with E-state index in [-0.39, 0.29) is 5.92 Å². The minimum Gasteiger partial charge on any atom is -0.258 e. The van der Waals surface area contributed by atoms with Crippen molar-refractivity contribution in [2.45, 2.75) is 30.3 Å². The van der Waals surface area contributed by atoms with Crippen molar-refractivity contribution in [2.75, 3.05) is 0 Å². The molecule has 3 unspecified atom stereocenters. The van der Waals surface area contributed by atoms with Crippen LogP contribution < -0.4 is 0 Å². The lowest BCUT2D eigenvalue weighted by atomic mass is 9.89. The van der Waals surface area contributed by atoms with E-state index < -0.39 is 26.8 Å². The highest BCUT2D eigenvalue weighted by Gasteiger charge is 2.76. The molecule has 0 heterocycles. The lowest BCUT2D eigenvalue weighted by Gasteiger charge is -2.24. The number of hydrogen-bond acceptors (Lipinski definition) is 4. The molecule has 3 atom stereocenters. The van der Waals surface area contributed by atoms with Crippen LogP contribution in [0.4, 0.5) is 0 Å². The molecule has 2 bridgehead atoms. The first kappa shape index (κ1) is 9.64. The largest absolute Gasteiger partial charge is 0.477 e. The summed E-state index contributed by atoms with van der Waals surface area (Å²) in [7, 11) is 0. The Morgan fingerprint density at radius 3 is 2.07 bits per heavy atom. The van der Waals surface area contributed by atoms with Crippen LogP contribution in [0, 0.1) is 32.1 Å². The third kappa shape index (κ3) is 0.867. The summed E-state index contributed by atoms with van der Waals surface area (Å²) in [6.45, 7) is 0. The highest BCUT2D eigenvalue weighted by atomic mass is 35.5. The van der Waals surface area contributed by atoms with Crippen molar-refractivity contribution in [1.82, 2.24) is 0 Å². The number of hydrogen-bond donors (Lipinski definition) is 0. The van der Waals surface area contributed by atoms with Gasteiger partial charge in [0.05, 0.1) is 0 Å². The quantitative estimate of drug-likeness (QED) is 0.304. The molecule has 2 fully saturated rings. The van der Waals surface area contributed by atoms with Gasteiger partial charge in [0.2, 0.25) is 0 Å². The van der Waals surface area contributed by atoms with E-state index in [1.54, 1.807) is 0 Å². The number of alkyl halides is 1. The Morgan fingerprint density at radius 2 is 1.79 bits per heavy atom. The molecule has 0 N–H and O–H groups in total. The molecule has 0 spiro atoms. The van der Waals surface area contributed by atoms with Gasteiger partial charge in [0.25, 0.3) is 0 Å². The Kier molecular flexibility index (Phi) is 1.92. The fraction of sp³-hybridized carbons (Fsp3) is 1.00. The van der Waals surface area contributed by atoms with E-state index in [9.17, 15) is 20.2 Å². The fourth-order valence-corrected chi connectivity index (χ4v) is 3.37. The summed E-state index contributed by atoms with van der Waals surface area (Å²) < 4.78 is 0. The van der Waals surface area contributed by atoms with Gasteiger partial charge in [0.1, 0.15) is 15.8 Å². The monoisotopic (exact) mass is 220 g/mol. The SMILES string of the molecule is O=[N+]([O-])C1([N+](=O)[O-])C2CCC(C2)C1Cl. The van der Waals surface area contributed by atoms with Gasteiger partial charge < -0.3 is 0 Å². The molecule has 14 heavy (non-hydrogen) atoms. The van der Waals surface area contributed by atoms with Crippen molar-refractivity contribution < 1.29 is 9.85 Å². The number of nitro groups is 2. The van der Waals surface area contributed by atoms with Crippen molar-refractivity contribution in [3.8, 4) is 0 Å². The fourth-order valence-electron chi connectivity index (χ4n) is 2.81. The van der Waals surface area contributed by atoms with Gasteiger partial charge in [0.15, 0.2) is 5.38 Å². The first-order chi connectivity index (χ1) is 6.51. The van der Waals surface area contributed by atoms with Crippen LogP contribution in [0.1, 0.15) is 19.3 Å². The van der Waals surface area contributed by atoms with Crippen LogP contribution in [0.25, 0.3) is 0 Å². The number of rotatable bonds is 2. The highest BCUT2D eigenvalue weighted by Crippen LogP contribution is 2.54. The van der Waals surface area contributed by atoms with E-state index in [1.165, 1.54) is 0 Å². The van der Waals surface area contributed by atoms with Crippen LogP contribution in [0.15, 0.2) is 0 Å². The minimum absolute atomic E-state index is 0.0579. The minimum atomic E-state index is -2.12. The van der Waals surface area contributed by atoms with Gasteiger partial charge in [-0.15, -0.1) is 11.6 Å². The number of nitrogens with zero attached hydrogens (tertiary/aromatic N) is 2. The van der Waals surface area contributed by atoms with E-state index in [1.807, 2.05) is 0 Å². The average Bonchev–Trinajstić information content (AvgIpc) is 2.61. The topological polar surface area (TPSA) is 86.3 Å². The summed E-state index contributed by atoms with van der Waals surface area (Å²) in [6, 6.07) is 0. The van der Waals surface area contributed by atoms with E-state index in [4.69, 9.17) is 11.6 Å². The van der Waals surface area contributed by atoms with E-state index >= 15 is 0 Å². The molecule has 0 radical (unpaired) electrons. The van der Waals surface area contributed by atoms with Crippen molar-refractivity contribution in [3.63, 3.8) is 0 Å². The van der Waals surface area contributed by atoms with Crippen LogP contribution in [-0.2, 0) is 0 Å². The maximum absolute atomic E-state index is 10.8. The van der Waals surface area contributed by atoms with Gasteiger partial charge in [-0.05, 0) is 25.2 Å². The van der Waals surface area contributed by atoms with Gasteiger partial charge in [-0.25, -0.2) is 0 Å². The predicted molar refractivity (Wildman–Crippen MR) is 47.2 cm³/mol. The standard InChI is InChI=1S/C7H9ClN2O4/c8-6-4-1-2-5(3-4)7(6,9(11)12)10(13)14/h4-6H,1-3H2. The molecule has 2 aliphatic rings. The van der Waals surface area contributed by atoms with Crippen LogP contribution in [0.2, 0.25) is 0 Å². The second-order valence-electron chi connectivity index (χ2n) is 3.97. The Bertz CT molecular complexity index is 290. The van der Waals surface area contributed by atoms with E-state index in [0.29, 0.717) is 12.8 Å². The molecule has 0 aromatic carbocycles. The highest BCUT2D eigenvalue weighted by molar-refractivity contribution is 6.21. The molecular formula is C7H9ClN2O4. The molecule has 2 rings (SSSR count). The molecule has 6 nitrogen and oxygen atoms in total. The molecule has 2 saturated carbocycles. The van der Waals surface area contributed by atoms with Gasteiger partial charge in [-0.1, -0.05) is 0 Å². The summed E-state index contributed by atoms with van der Waals surface area (Å²) in [6.07, 6.45) is 1.86. The Morgan fingerprint density at radius 1 is 1.21 bits per heavy atom. The molecule has 0 saturated heterocycles. The summed E-state index contributed by atoms with van der Waals surface area (Å²) in [5.74, 6) is -0.544. The van der Waals surface area contributed by atoms with Gasteiger partial charge in [0, 0.05) is 0 Å². The molecule has 7 heteroatoms. The summed E-state index contributed by atoms with van der Waals surface area (Å²) in [4.78, 5) is 20.1. The zero-order valence-corrected chi connectivity index (χ0v) is 8.01. The van der Waals surface area contributed by atoms with E-state index in [0.717, 1.165) is 6.42 Å².